The molecule has 0 spiro atoms. The third-order valence-corrected chi connectivity index (χ3v) is 3.15. The van der Waals surface area contributed by atoms with Crippen LogP contribution in [0.25, 0.3) is 0 Å². The highest BCUT2D eigenvalue weighted by atomic mass is 16.1. The van der Waals surface area contributed by atoms with Crippen molar-refractivity contribution in [2.45, 2.75) is 13.8 Å². The van der Waals surface area contributed by atoms with Crippen LogP contribution >= 0.6 is 0 Å². The number of nitrogens with zero attached hydrogens (tertiary/aromatic N) is 2. The van der Waals surface area contributed by atoms with Crippen LogP contribution in [0.5, 0.6) is 0 Å². The van der Waals surface area contributed by atoms with Gasteiger partial charge in [-0.2, -0.15) is 0 Å². The van der Waals surface area contributed by atoms with Crippen LogP contribution in [-0.4, -0.2) is 21.5 Å². The number of fused-ring (bicyclic) bond motifs is 2. The first-order valence-corrected chi connectivity index (χ1v) is 5.63. The molecule has 2 aromatic rings. The van der Waals surface area contributed by atoms with Crippen molar-refractivity contribution in [3.8, 4) is 0 Å². The molecule has 1 aliphatic carbocycles. The quantitative estimate of drug-likeness (QED) is 0.600. The molecule has 4 heteroatoms. The lowest BCUT2D eigenvalue weighted by Crippen LogP contribution is -2.24. The average Bonchev–Trinajstić information content (AvgIpc) is 2.38. The van der Waals surface area contributed by atoms with E-state index < -0.39 is 0 Å². The number of aryl methyl sites for hydroxylation is 2. The van der Waals surface area contributed by atoms with E-state index in [2.05, 4.69) is 9.97 Å². The summed E-state index contributed by atoms with van der Waals surface area (Å²) in [6.45, 7) is 3.56. The summed E-state index contributed by atoms with van der Waals surface area (Å²) < 4.78 is 0. The summed E-state index contributed by atoms with van der Waals surface area (Å²) in [5, 5.41) is 0. The fourth-order valence-electron chi connectivity index (χ4n) is 2.05. The summed E-state index contributed by atoms with van der Waals surface area (Å²) in [6, 6.07) is 6.78. The average molecular weight is 238 g/mol. The molecule has 1 aliphatic rings. The second-order valence-corrected chi connectivity index (χ2v) is 4.30. The zero-order chi connectivity index (χ0) is 12.9. The molecule has 88 valence electrons. The third-order valence-electron chi connectivity index (χ3n) is 3.15. The largest absolute Gasteiger partial charge is 0.287 e. The van der Waals surface area contributed by atoms with Gasteiger partial charge in [-0.1, -0.05) is 24.3 Å². The Balaban J connectivity index is 2.34. The van der Waals surface area contributed by atoms with Gasteiger partial charge in [-0.15, -0.1) is 0 Å². The fourth-order valence-corrected chi connectivity index (χ4v) is 2.05. The van der Waals surface area contributed by atoms with E-state index in [1.807, 2.05) is 0 Å². The molecule has 0 aliphatic heterocycles. The molecule has 0 saturated heterocycles. The van der Waals surface area contributed by atoms with Crippen LogP contribution in [0.15, 0.2) is 24.3 Å². The zero-order valence-corrected chi connectivity index (χ0v) is 10.0. The van der Waals surface area contributed by atoms with E-state index in [0.29, 0.717) is 22.5 Å². The van der Waals surface area contributed by atoms with Crippen molar-refractivity contribution in [3.05, 3.63) is 58.2 Å². The molecule has 0 amide bonds. The van der Waals surface area contributed by atoms with Gasteiger partial charge in [-0.05, 0) is 13.8 Å². The van der Waals surface area contributed by atoms with Crippen molar-refractivity contribution in [3.63, 3.8) is 0 Å². The normalized spacial score (nSPS) is 13.2. The number of aromatic nitrogens is 2. The standard InChI is InChI=1S/C14H10N2O2/c1-7-8(2)16-12-11(15-7)13(17)9-5-3-4-6-10(9)14(12)18/h3-6H,1-2H3. The summed E-state index contributed by atoms with van der Waals surface area (Å²) in [6.07, 6.45) is 0. The topological polar surface area (TPSA) is 59.9 Å². The molecule has 0 fully saturated rings. The molecule has 0 saturated carbocycles. The molecule has 1 aromatic carbocycles. The maximum atomic E-state index is 12.3. The molecule has 4 nitrogen and oxygen atoms in total. The van der Waals surface area contributed by atoms with Gasteiger partial charge in [-0.3, -0.25) is 9.59 Å². The second kappa shape index (κ2) is 3.57. The Labute approximate surface area is 104 Å². The highest BCUT2D eigenvalue weighted by Gasteiger charge is 2.32. The molecule has 0 atom stereocenters. The number of benzene rings is 1. The predicted octanol–water partition coefficient (Wildman–Crippen LogP) is 1.87. The Kier molecular flexibility index (Phi) is 2.13. The van der Waals surface area contributed by atoms with Crippen LogP contribution < -0.4 is 0 Å². The maximum absolute atomic E-state index is 12.3. The minimum absolute atomic E-state index is 0.168. The smallest absolute Gasteiger partial charge is 0.214 e. The first-order valence-electron chi connectivity index (χ1n) is 5.63. The summed E-state index contributed by atoms with van der Waals surface area (Å²) in [5.74, 6) is -0.452. The fraction of sp³-hybridized carbons (Fsp3) is 0.143. The number of hydrogen-bond donors (Lipinski definition) is 0. The lowest BCUT2D eigenvalue weighted by atomic mass is 9.89. The van der Waals surface area contributed by atoms with Crippen molar-refractivity contribution in [1.82, 2.24) is 9.97 Å². The number of carbonyl (C=O) groups is 2. The van der Waals surface area contributed by atoms with E-state index in [1.165, 1.54) is 0 Å². The number of carbonyl (C=O) groups excluding carboxylic acids is 2. The van der Waals surface area contributed by atoms with Gasteiger partial charge in [-0.25, -0.2) is 9.97 Å². The minimum atomic E-state index is -0.226. The first kappa shape index (κ1) is 10.8. The van der Waals surface area contributed by atoms with Gasteiger partial charge < -0.3 is 0 Å². The van der Waals surface area contributed by atoms with Crippen LogP contribution in [0.3, 0.4) is 0 Å². The molecular weight excluding hydrogens is 228 g/mol. The molecule has 1 heterocycles. The molecule has 0 radical (unpaired) electrons. The van der Waals surface area contributed by atoms with Crippen molar-refractivity contribution in [1.29, 1.82) is 0 Å². The van der Waals surface area contributed by atoms with Gasteiger partial charge in [0.2, 0.25) is 11.6 Å². The van der Waals surface area contributed by atoms with E-state index >= 15 is 0 Å². The van der Waals surface area contributed by atoms with Gasteiger partial charge in [0.1, 0.15) is 11.4 Å². The SMILES string of the molecule is Cc1nc2c(nc1C)C(=O)c1ccccc1C2=O. The highest BCUT2D eigenvalue weighted by Crippen LogP contribution is 2.25. The van der Waals surface area contributed by atoms with Gasteiger partial charge in [0.25, 0.3) is 0 Å². The van der Waals surface area contributed by atoms with E-state index in [9.17, 15) is 9.59 Å². The van der Waals surface area contributed by atoms with E-state index in [4.69, 9.17) is 0 Å². The Morgan fingerprint density at radius 3 is 1.56 bits per heavy atom. The van der Waals surface area contributed by atoms with Crippen LogP contribution in [0.2, 0.25) is 0 Å². The monoisotopic (exact) mass is 238 g/mol. The molecule has 0 bridgehead atoms. The molecule has 0 N–H and O–H groups in total. The van der Waals surface area contributed by atoms with E-state index in [1.54, 1.807) is 38.1 Å². The highest BCUT2D eigenvalue weighted by molar-refractivity contribution is 6.26. The van der Waals surface area contributed by atoms with Gasteiger partial charge >= 0.3 is 0 Å². The summed E-state index contributed by atoms with van der Waals surface area (Å²) in [5.41, 5.74) is 2.51. The zero-order valence-electron chi connectivity index (χ0n) is 10.0. The molecule has 3 rings (SSSR count). The van der Waals surface area contributed by atoms with E-state index in [-0.39, 0.29) is 23.0 Å². The molecular formula is C14H10N2O2. The summed E-state index contributed by atoms with van der Waals surface area (Å²) in [7, 11) is 0. The molecule has 18 heavy (non-hydrogen) atoms. The minimum Gasteiger partial charge on any atom is -0.287 e. The summed E-state index contributed by atoms with van der Waals surface area (Å²) >= 11 is 0. The predicted molar refractivity (Wildman–Crippen MR) is 64.8 cm³/mol. The number of hydrogen-bond acceptors (Lipinski definition) is 4. The van der Waals surface area contributed by atoms with Crippen LogP contribution in [-0.2, 0) is 0 Å². The summed E-state index contributed by atoms with van der Waals surface area (Å²) in [4.78, 5) is 32.9. The Hall–Kier alpha value is -2.36. The third kappa shape index (κ3) is 1.32. The Morgan fingerprint density at radius 1 is 0.778 bits per heavy atom. The Morgan fingerprint density at radius 2 is 1.17 bits per heavy atom. The van der Waals surface area contributed by atoms with Crippen LogP contribution in [0.1, 0.15) is 43.5 Å². The van der Waals surface area contributed by atoms with Gasteiger partial charge in [0.05, 0.1) is 11.4 Å². The van der Waals surface area contributed by atoms with Gasteiger partial charge in [0.15, 0.2) is 0 Å². The maximum Gasteiger partial charge on any atom is 0.214 e. The molecule has 0 unspecified atom stereocenters. The van der Waals surface area contributed by atoms with Crippen molar-refractivity contribution < 1.29 is 9.59 Å². The lowest BCUT2D eigenvalue weighted by Gasteiger charge is -2.16. The number of rotatable bonds is 0. The van der Waals surface area contributed by atoms with Crippen LogP contribution in [0.4, 0.5) is 0 Å². The van der Waals surface area contributed by atoms with E-state index in [0.717, 1.165) is 0 Å². The van der Waals surface area contributed by atoms with Crippen LogP contribution in [0, 0.1) is 13.8 Å². The van der Waals surface area contributed by atoms with Gasteiger partial charge in [0, 0.05) is 11.1 Å². The number of ketones is 2. The Bertz CT molecular complexity index is 645. The van der Waals surface area contributed by atoms with Crippen molar-refractivity contribution in [2.75, 3.05) is 0 Å². The first-order chi connectivity index (χ1) is 8.59. The second-order valence-electron chi connectivity index (χ2n) is 4.30. The van der Waals surface area contributed by atoms with Crippen molar-refractivity contribution in [2.24, 2.45) is 0 Å². The van der Waals surface area contributed by atoms with Crippen molar-refractivity contribution >= 4 is 11.6 Å². The molecule has 1 aromatic heterocycles. The lowest BCUT2D eigenvalue weighted by molar-refractivity contribution is 0.0971.